The Morgan fingerprint density at radius 3 is 2.62 bits per heavy atom. The van der Waals surface area contributed by atoms with Gasteiger partial charge in [0.05, 0.1) is 13.2 Å². The molecule has 7 heteroatoms. The standard InChI is InChI=1S/C14H20N2O5/c1-9(10-4-3-5-11(8-10)21-2)15-13(18)12(6-7-17)16-14(19)20/h3-5,8-9,12,16-17H,6-7H2,1-2H3,(H,15,18)(H,19,20)/t9-,12-/m1/s1. The van der Waals surface area contributed by atoms with E-state index in [9.17, 15) is 9.59 Å². The fourth-order valence-corrected chi connectivity index (χ4v) is 1.86. The fourth-order valence-electron chi connectivity index (χ4n) is 1.86. The number of carbonyl (C=O) groups excluding carboxylic acids is 1. The van der Waals surface area contributed by atoms with Gasteiger partial charge in [0, 0.05) is 6.61 Å². The first-order valence-corrected chi connectivity index (χ1v) is 6.52. The minimum absolute atomic E-state index is 0.0168. The van der Waals surface area contributed by atoms with Gasteiger partial charge in [0.25, 0.3) is 0 Å². The molecule has 1 aromatic rings. The molecule has 0 fully saturated rings. The lowest BCUT2D eigenvalue weighted by Crippen LogP contribution is -2.47. The van der Waals surface area contributed by atoms with Gasteiger partial charge < -0.3 is 25.6 Å². The van der Waals surface area contributed by atoms with Crippen LogP contribution in [0.5, 0.6) is 5.75 Å². The van der Waals surface area contributed by atoms with Gasteiger partial charge in [0.2, 0.25) is 5.91 Å². The van der Waals surface area contributed by atoms with Crippen molar-refractivity contribution in [3.8, 4) is 5.75 Å². The van der Waals surface area contributed by atoms with Crippen molar-refractivity contribution >= 4 is 12.0 Å². The maximum atomic E-state index is 12.0. The van der Waals surface area contributed by atoms with Crippen LogP contribution in [0.1, 0.15) is 24.9 Å². The van der Waals surface area contributed by atoms with Crippen LogP contribution in [-0.2, 0) is 4.79 Å². The Bertz CT molecular complexity index is 492. The highest BCUT2D eigenvalue weighted by atomic mass is 16.5. The highest BCUT2D eigenvalue weighted by molar-refractivity contribution is 5.85. The minimum Gasteiger partial charge on any atom is -0.497 e. The van der Waals surface area contributed by atoms with Crippen LogP contribution in [0, 0.1) is 0 Å². The second-order valence-electron chi connectivity index (χ2n) is 4.52. The molecule has 4 N–H and O–H groups in total. The maximum absolute atomic E-state index is 12.0. The van der Waals surface area contributed by atoms with Crippen LogP contribution >= 0.6 is 0 Å². The number of methoxy groups -OCH3 is 1. The van der Waals surface area contributed by atoms with Gasteiger partial charge in [-0.2, -0.15) is 0 Å². The molecule has 0 bridgehead atoms. The molecule has 0 radical (unpaired) electrons. The average Bonchev–Trinajstić information content (AvgIpc) is 2.46. The lowest BCUT2D eigenvalue weighted by molar-refractivity contribution is -0.124. The predicted molar refractivity (Wildman–Crippen MR) is 76.2 cm³/mol. The Kier molecular flexibility index (Phi) is 6.48. The molecule has 2 amide bonds. The molecular formula is C14H20N2O5. The topological polar surface area (TPSA) is 108 Å². The lowest BCUT2D eigenvalue weighted by Gasteiger charge is -2.20. The molecule has 1 rings (SSSR count). The number of hydrogen-bond donors (Lipinski definition) is 4. The van der Waals surface area contributed by atoms with E-state index in [4.69, 9.17) is 14.9 Å². The van der Waals surface area contributed by atoms with Gasteiger partial charge in [0.1, 0.15) is 11.8 Å². The molecule has 116 valence electrons. The fraction of sp³-hybridized carbons (Fsp3) is 0.429. The van der Waals surface area contributed by atoms with Crippen LogP contribution in [0.4, 0.5) is 4.79 Å². The molecular weight excluding hydrogens is 276 g/mol. The highest BCUT2D eigenvalue weighted by Gasteiger charge is 2.21. The number of rotatable bonds is 7. The third-order valence-electron chi connectivity index (χ3n) is 2.98. The molecule has 21 heavy (non-hydrogen) atoms. The molecule has 0 aliphatic rings. The van der Waals surface area contributed by atoms with Crippen LogP contribution in [-0.4, -0.2) is 42.0 Å². The molecule has 1 aromatic carbocycles. The highest BCUT2D eigenvalue weighted by Crippen LogP contribution is 2.18. The Morgan fingerprint density at radius 2 is 2.05 bits per heavy atom. The summed E-state index contributed by atoms with van der Waals surface area (Å²) in [5.74, 6) is 0.186. The number of benzene rings is 1. The number of amides is 2. The van der Waals surface area contributed by atoms with E-state index >= 15 is 0 Å². The van der Waals surface area contributed by atoms with Gasteiger partial charge in [-0.25, -0.2) is 4.79 Å². The molecule has 0 heterocycles. The predicted octanol–water partition coefficient (Wildman–Crippen LogP) is 0.891. The zero-order valence-electron chi connectivity index (χ0n) is 12.0. The minimum atomic E-state index is -1.31. The molecule has 0 aliphatic carbocycles. The SMILES string of the molecule is COc1cccc([C@@H](C)NC(=O)[C@@H](CCO)NC(=O)O)c1. The van der Waals surface area contributed by atoms with Gasteiger partial charge in [-0.1, -0.05) is 12.1 Å². The van der Waals surface area contributed by atoms with Crippen molar-refractivity contribution in [1.29, 1.82) is 0 Å². The van der Waals surface area contributed by atoms with Gasteiger partial charge in [-0.3, -0.25) is 4.79 Å². The Morgan fingerprint density at radius 1 is 1.33 bits per heavy atom. The lowest BCUT2D eigenvalue weighted by atomic mass is 10.1. The van der Waals surface area contributed by atoms with E-state index in [1.807, 2.05) is 6.07 Å². The third kappa shape index (κ3) is 5.31. The summed E-state index contributed by atoms with van der Waals surface area (Å²) in [7, 11) is 1.55. The molecule has 0 saturated heterocycles. The van der Waals surface area contributed by atoms with E-state index in [-0.39, 0.29) is 19.1 Å². The third-order valence-corrected chi connectivity index (χ3v) is 2.98. The van der Waals surface area contributed by atoms with E-state index in [1.165, 1.54) is 0 Å². The van der Waals surface area contributed by atoms with Crippen molar-refractivity contribution in [3.05, 3.63) is 29.8 Å². The number of nitrogens with one attached hydrogen (secondary N) is 2. The van der Waals surface area contributed by atoms with Crippen molar-refractivity contribution in [2.45, 2.75) is 25.4 Å². The summed E-state index contributed by atoms with van der Waals surface area (Å²) in [4.78, 5) is 22.7. The summed E-state index contributed by atoms with van der Waals surface area (Å²) in [5, 5.41) is 22.4. The Labute approximate surface area is 122 Å². The summed E-state index contributed by atoms with van der Waals surface area (Å²) < 4.78 is 5.11. The maximum Gasteiger partial charge on any atom is 0.405 e. The van der Waals surface area contributed by atoms with Crippen molar-refractivity contribution in [1.82, 2.24) is 10.6 Å². The molecule has 7 nitrogen and oxygen atoms in total. The van der Waals surface area contributed by atoms with Crippen LogP contribution in [0.15, 0.2) is 24.3 Å². The van der Waals surface area contributed by atoms with Crippen molar-refractivity contribution in [2.75, 3.05) is 13.7 Å². The molecule has 0 spiro atoms. The Balaban J connectivity index is 2.72. The number of aliphatic hydroxyl groups excluding tert-OH is 1. The largest absolute Gasteiger partial charge is 0.497 e. The Hall–Kier alpha value is -2.28. The molecule has 2 atom stereocenters. The normalized spacial score (nSPS) is 13.1. The van der Waals surface area contributed by atoms with E-state index in [2.05, 4.69) is 10.6 Å². The second kappa shape index (κ2) is 8.11. The van der Waals surface area contributed by atoms with E-state index < -0.39 is 18.0 Å². The van der Waals surface area contributed by atoms with Crippen LogP contribution < -0.4 is 15.4 Å². The number of hydrogen-bond acceptors (Lipinski definition) is 4. The van der Waals surface area contributed by atoms with Crippen molar-refractivity contribution in [2.24, 2.45) is 0 Å². The van der Waals surface area contributed by atoms with Gasteiger partial charge in [-0.05, 0) is 31.0 Å². The van der Waals surface area contributed by atoms with Crippen LogP contribution in [0.2, 0.25) is 0 Å². The smallest absolute Gasteiger partial charge is 0.405 e. The molecule has 0 aliphatic heterocycles. The van der Waals surface area contributed by atoms with Gasteiger partial charge in [-0.15, -0.1) is 0 Å². The first-order valence-electron chi connectivity index (χ1n) is 6.52. The monoisotopic (exact) mass is 296 g/mol. The molecule has 0 unspecified atom stereocenters. The number of carboxylic acid groups (broad SMARTS) is 1. The number of carbonyl (C=O) groups is 2. The average molecular weight is 296 g/mol. The first kappa shape index (κ1) is 16.8. The van der Waals surface area contributed by atoms with E-state index in [0.29, 0.717) is 5.75 Å². The molecule has 0 aromatic heterocycles. The summed E-state index contributed by atoms with van der Waals surface area (Å²) in [5.41, 5.74) is 0.834. The second-order valence-corrected chi connectivity index (χ2v) is 4.52. The summed E-state index contributed by atoms with van der Waals surface area (Å²) in [6, 6.07) is 5.91. The first-order chi connectivity index (χ1) is 9.97. The van der Waals surface area contributed by atoms with Gasteiger partial charge in [0.15, 0.2) is 0 Å². The molecule has 0 saturated carbocycles. The van der Waals surface area contributed by atoms with Crippen LogP contribution in [0.25, 0.3) is 0 Å². The van der Waals surface area contributed by atoms with Gasteiger partial charge >= 0.3 is 6.09 Å². The number of ether oxygens (including phenoxy) is 1. The van der Waals surface area contributed by atoms with Crippen LogP contribution in [0.3, 0.4) is 0 Å². The van der Waals surface area contributed by atoms with E-state index in [1.54, 1.807) is 32.2 Å². The quantitative estimate of drug-likeness (QED) is 0.597. The zero-order chi connectivity index (χ0) is 15.8. The van der Waals surface area contributed by atoms with Crippen molar-refractivity contribution in [3.63, 3.8) is 0 Å². The number of aliphatic hydroxyl groups is 1. The summed E-state index contributed by atoms with van der Waals surface area (Å²) >= 11 is 0. The zero-order valence-corrected chi connectivity index (χ0v) is 12.0. The summed E-state index contributed by atoms with van der Waals surface area (Å²) in [6.45, 7) is 1.50. The van der Waals surface area contributed by atoms with E-state index in [0.717, 1.165) is 5.56 Å². The summed E-state index contributed by atoms with van der Waals surface area (Å²) in [6.07, 6.45) is -1.29. The van der Waals surface area contributed by atoms with Crippen molar-refractivity contribution < 1.29 is 24.5 Å².